The van der Waals surface area contributed by atoms with Crippen molar-refractivity contribution in [1.29, 1.82) is 0 Å². The second-order valence-electron chi connectivity index (χ2n) is 7.05. The average Bonchev–Trinajstić information content (AvgIpc) is 2.91. The van der Waals surface area contributed by atoms with Crippen molar-refractivity contribution in [3.8, 4) is 0 Å². The fourth-order valence-electron chi connectivity index (χ4n) is 2.80. The largest absolute Gasteiger partial charge is 0.310 e. The summed E-state index contributed by atoms with van der Waals surface area (Å²) in [6.07, 6.45) is 7.60. The fraction of sp³-hybridized carbons (Fsp3) is 0.579. The van der Waals surface area contributed by atoms with Crippen LogP contribution < -0.4 is 5.32 Å². The van der Waals surface area contributed by atoms with E-state index < -0.39 is 0 Å². The molecule has 1 aliphatic rings. The van der Waals surface area contributed by atoms with Gasteiger partial charge in [-0.05, 0) is 55.7 Å². The van der Waals surface area contributed by atoms with Gasteiger partial charge in [-0.1, -0.05) is 56.7 Å². The van der Waals surface area contributed by atoms with Gasteiger partial charge in [0.25, 0.3) is 0 Å². The SMILES string of the molecule is CC(NCCC1=CCCC1)c1ccc(C(C)(C)C)cc1. The van der Waals surface area contributed by atoms with E-state index in [0.717, 1.165) is 6.54 Å². The summed E-state index contributed by atoms with van der Waals surface area (Å²) in [4.78, 5) is 0. The monoisotopic (exact) mass is 271 g/mol. The average molecular weight is 271 g/mol. The lowest BCUT2D eigenvalue weighted by molar-refractivity contribution is 0.568. The highest BCUT2D eigenvalue weighted by Gasteiger charge is 2.14. The molecule has 1 aromatic carbocycles. The third-order valence-electron chi connectivity index (χ3n) is 4.31. The number of nitrogens with one attached hydrogen (secondary N) is 1. The summed E-state index contributed by atoms with van der Waals surface area (Å²) in [7, 11) is 0. The van der Waals surface area contributed by atoms with Crippen molar-refractivity contribution < 1.29 is 0 Å². The quantitative estimate of drug-likeness (QED) is 0.732. The van der Waals surface area contributed by atoms with Gasteiger partial charge in [-0.15, -0.1) is 0 Å². The van der Waals surface area contributed by atoms with E-state index in [0.29, 0.717) is 6.04 Å². The van der Waals surface area contributed by atoms with E-state index in [1.165, 1.54) is 36.8 Å². The number of allylic oxidation sites excluding steroid dienone is 1. The van der Waals surface area contributed by atoms with Crippen LogP contribution in [0.5, 0.6) is 0 Å². The van der Waals surface area contributed by atoms with Crippen LogP contribution in [0.25, 0.3) is 0 Å². The maximum Gasteiger partial charge on any atom is 0.0291 e. The summed E-state index contributed by atoms with van der Waals surface area (Å²) < 4.78 is 0. The van der Waals surface area contributed by atoms with Crippen LogP contribution in [-0.4, -0.2) is 6.54 Å². The van der Waals surface area contributed by atoms with E-state index in [2.05, 4.69) is 63.4 Å². The van der Waals surface area contributed by atoms with Crippen LogP contribution in [0.2, 0.25) is 0 Å². The van der Waals surface area contributed by atoms with Gasteiger partial charge in [0, 0.05) is 6.04 Å². The minimum absolute atomic E-state index is 0.240. The smallest absolute Gasteiger partial charge is 0.0291 e. The summed E-state index contributed by atoms with van der Waals surface area (Å²) in [5.74, 6) is 0. The van der Waals surface area contributed by atoms with Gasteiger partial charge in [0.15, 0.2) is 0 Å². The Morgan fingerprint density at radius 3 is 2.40 bits per heavy atom. The fourth-order valence-corrected chi connectivity index (χ4v) is 2.80. The van der Waals surface area contributed by atoms with Crippen molar-refractivity contribution >= 4 is 0 Å². The molecule has 0 saturated heterocycles. The maximum absolute atomic E-state index is 3.64. The first-order valence-electron chi connectivity index (χ1n) is 7.98. The van der Waals surface area contributed by atoms with Gasteiger partial charge in [-0.25, -0.2) is 0 Å². The highest BCUT2D eigenvalue weighted by atomic mass is 14.9. The molecule has 2 rings (SSSR count). The molecule has 0 aliphatic heterocycles. The predicted octanol–water partition coefficient (Wildman–Crippen LogP) is 5.14. The lowest BCUT2D eigenvalue weighted by atomic mass is 9.86. The Morgan fingerprint density at radius 1 is 1.15 bits per heavy atom. The molecule has 1 nitrogen and oxygen atoms in total. The first kappa shape index (κ1) is 15.3. The molecule has 1 unspecified atom stereocenters. The minimum atomic E-state index is 0.240. The van der Waals surface area contributed by atoms with E-state index in [1.54, 1.807) is 5.57 Å². The molecule has 0 amide bonds. The number of benzene rings is 1. The molecular formula is C19H29N. The van der Waals surface area contributed by atoms with Crippen LogP contribution in [0.4, 0.5) is 0 Å². The molecule has 0 bridgehead atoms. The zero-order chi connectivity index (χ0) is 14.6. The standard InChI is InChI=1S/C19H29N/c1-15(20-14-13-16-7-5-6-8-16)17-9-11-18(12-10-17)19(2,3)4/h7,9-12,15,20H,5-6,8,13-14H2,1-4H3. The van der Waals surface area contributed by atoms with Crippen molar-refractivity contribution in [2.75, 3.05) is 6.54 Å². The van der Waals surface area contributed by atoms with Crippen LogP contribution in [0.15, 0.2) is 35.9 Å². The van der Waals surface area contributed by atoms with E-state index in [-0.39, 0.29) is 5.41 Å². The molecule has 0 saturated carbocycles. The van der Waals surface area contributed by atoms with E-state index in [9.17, 15) is 0 Å². The Labute approximate surface area is 124 Å². The number of rotatable bonds is 5. The Kier molecular flexibility index (Phi) is 5.04. The lowest BCUT2D eigenvalue weighted by Crippen LogP contribution is -2.20. The van der Waals surface area contributed by atoms with Crippen molar-refractivity contribution in [1.82, 2.24) is 5.32 Å². The van der Waals surface area contributed by atoms with Crippen molar-refractivity contribution in [2.45, 2.75) is 64.8 Å². The third kappa shape index (κ3) is 4.21. The second-order valence-corrected chi connectivity index (χ2v) is 7.05. The molecule has 1 N–H and O–H groups in total. The Bertz CT molecular complexity index is 448. The molecule has 1 aromatic rings. The molecule has 110 valence electrons. The van der Waals surface area contributed by atoms with Gasteiger partial charge < -0.3 is 5.32 Å². The van der Waals surface area contributed by atoms with Crippen molar-refractivity contribution in [3.63, 3.8) is 0 Å². The topological polar surface area (TPSA) is 12.0 Å². The van der Waals surface area contributed by atoms with E-state index in [1.807, 2.05) is 0 Å². The van der Waals surface area contributed by atoms with Gasteiger partial charge in [0.2, 0.25) is 0 Å². The molecule has 0 spiro atoms. The van der Waals surface area contributed by atoms with E-state index in [4.69, 9.17) is 0 Å². The molecule has 1 heteroatoms. The minimum Gasteiger partial charge on any atom is -0.310 e. The molecule has 0 heterocycles. The molecule has 0 fully saturated rings. The maximum atomic E-state index is 3.64. The second kappa shape index (κ2) is 6.58. The summed E-state index contributed by atoms with van der Waals surface area (Å²) in [5, 5.41) is 3.64. The highest BCUT2D eigenvalue weighted by molar-refractivity contribution is 5.29. The molecule has 1 atom stereocenters. The Morgan fingerprint density at radius 2 is 1.85 bits per heavy atom. The van der Waals surface area contributed by atoms with Gasteiger partial charge in [0.05, 0.1) is 0 Å². The lowest BCUT2D eigenvalue weighted by Gasteiger charge is -2.21. The molecule has 1 aliphatic carbocycles. The Hall–Kier alpha value is -1.08. The van der Waals surface area contributed by atoms with Crippen LogP contribution >= 0.6 is 0 Å². The molecule has 0 radical (unpaired) electrons. The number of hydrogen-bond donors (Lipinski definition) is 1. The number of hydrogen-bond acceptors (Lipinski definition) is 1. The molecular weight excluding hydrogens is 242 g/mol. The molecule has 0 aromatic heterocycles. The van der Waals surface area contributed by atoms with Gasteiger partial charge >= 0.3 is 0 Å². The molecule has 20 heavy (non-hydrogen) atoms. The van der Waals surface area contributed by atoms with Gasteiger partial charge in [0.1, 0.15) is 0 Å². The summed E-state index contributed by atoms with van der Waals surface area (Å²) in [5.41, 5.74) is 4.68. The zero-order valence-electron chi connectivity index (χ0n) is 13.5. The van der Waals surface area contributed by atoms with Crippen molar-refractivity contribution in [2.24, 2.45) is 0 Å². The van der Waals surface area contributed by atoms with E-state index >= 15 is 0 Å². The summed E-state index contributed by atoms with van der Waals surface area (Å²) in [6, 6.07) is 9.52. The van der Waals surface area contributed by atoms with Crippen LogP contribution in [0, 0.1) is 0 Å². The first-order valence-corrected chi connectivity index (χ1v) is 7.98. The van der Waals surface area contributed by atoms with Gasteiger partial charge in [-0.2, -0.15) is 0 Å². The highest BCUT2D eigenvalue weighted by Crippen LogP contribution is 2.24. The van der Waals surface area contributed by atoms with Crippen molar-refractivity contribution in [3.05, 3.63) is 47.0 Å². The normalized spacial score (nSPS) is 17.1. The van der Waals surface area contributed by atoms with Crippen LogP contribution in [-0.2, 0) is 5.41 Å². The third-order valence-corrected chi connectivity index (χ3v) is 4.31. The van der Waals surface area contributed by atoms with Crippen LogP contribution in [0.1, 0.15) is 70.5 Å². The zero-order valence-corrected chi connectivity index (χ0v) is 13.5. The summed E-state index contributed by atoms with van der Waals surface area (Å²) >= 11 is 0. The predicted molar refractivity (Wildman–Crippen MR) is 88.1 cm³/mol. The summed E-state index contributed by atoms with van der Waals surface area (Å²) in [6.45, 7) is 10.1. The van der Waals surface area contributed by atoms with Crippen LogP contribution in [0.3, 0.4) is 0 Å². The Balaban J connectivity index is 1.84. The first-order chi connectivity index (χ1) is 9.47. The van der Waals surface area contributed by atoms with Gasteiger partial charge in [-0.3, -0.25) is 0 Å².